The molecule has 0 saturated carbocycles. The van der Waals surface area contributed by atoms with Gasteiger partial charge in [0.15, 0.2) is 0 Å². The Balaban J connectivity index is 1.61. The Kier molecular flexibility index (Phi) is 6.85. The molecule has 1 amide bonds. The minimum Gasteiger partial charge on any atom is -0.443 e. The number of cyclic esters (lactones) is 1. The Labute approximate surface area is 139 Å². The van der Waals surface area contributed by atoms with E-state index in [0.717, 1.165) is 34.9 Å². The van der Waals surface area contributed by atoms with Crippen LogP contribution in [0.25, 0.3) is 0 Å². The fourth-order valence-corrected chi connectivity index (χ4v) is 4.30. The molecule has 1 unspecified atom stereocenters. The number of nitrogens with zero attached hydrogens (tertiary/aromatic N) is 2. The quantitative estimate of drug-likeness (QED) is 0.579. The van der Waals surface area contributed by atoms with Crippen LogP contribution in [0.4, 0.5) is 4.79 Å². The first-order valence-corrected chi connectivity index (χ1v) is 9.43. The maximum Gasteiger partial charge on any atom is 0.409 e. The average molecular weight is 342 g/mol. The summed E-state index contributed by atoms with van der Waals surface area (Å²) in [6, 6.07) is 2.00. The van der Waals surface area contributed by atoms with Crippen molar-refractivity contribution in [2.45, 2.75) is 31.0 Å². The molecule has 1 N–H and O–H groups in total. The molecule has 1 fully saturated rings. The second-order valence-electron chi connectivity index (χ2n) is 5.20. The first-order valence-electron chi connectivity index (χ1n) is 7.29. The third kappa shape index (κ3) is 4.79. The van der Waals surface area contributed by atoms with E-state index >= 15 is 0 Å². The summed E-state index contributed by atoms with van der Waals surface area (Å²) in [4.78, 5) is 18.2. The van der Waals surface area contributed by atoms with Gasteiger partial charge in [-0.25, -0.2) is 4.79 Å². The van der Waals surface area contributed by atoms with E-state index in [1.165, 1.54) is 4.90 Å². The van der Waals surface area contributed by atoms with E-state index in [1.54, 1.807) is 29.9 Å². The van der Waals surface area contributed by atoms with Crippen LogP contribution in [0.3, 0.4) is 0 Å². The minimum atomic E-state index is -0.214. The Hall–Kier alpha value is -0.920. The lowest BCUT2D eigenvalue weighted by Crippen LogP contribution is -2.20. The van der Waals surface area contributed by atoms with Crippen molar-refractivity contribution >= 4 is 29.6 Å². The molecule has 22 heavy (non-hydrogen) atoms. The normalized spacial score (nSPS) is 17.9. The highest BCUT2D eigenvalue weighted by atomic mass is 32.2. The zero-order valence-electron chi connectivity index (χ0n) is 12.9. The van der Waals surface area contributed by atoms with E-state index in [2.05, 4.69) is 4.98 Å². The Bertz CT molecular complexity index is 514. The van der Waals surface area contributed by atoms with Crippen molar-refractivity contribution in [2.24, 2.45) is 0 Å². The summed E-state index contributed by atoms with van der Waals surface area (Å²) < 4.78 is 5.22. The number of carbonyl (C=O) groups excluding carboxylic acids is 1. The lowest BCUT2D eigenvalue weighted by molar-refractivity contribution is 0.142. The smallest absolute Gasteiger partial charge is 0.409 e. The van der Waals surface area contributed by atoms with Gasteiger partial charge in [0.25, 0.3) is 0 Å². The zero-order chi connectivity index (χ0) is 15.9. The molecular weight excluding hydrogens is 320 g/mol. The van der Waals surface area contributed by atoms with Crippen LogP contribution >= 0.6 is 23.5 Å². The minimum absolute atomic E-state index is 0.00929. The van der Waals surface area contributed by atoms with Crippen LogP contribution < -0.4 is 0 Å². The summed E-state index contributed by atoms with van der Waals surface area (Å²) in [5.41, 5.74) is 1.83. The lowest BCUT2D eigenvalue weighted by Gasteiger charge is -2.09. The van der Waals surface area contributed by atoms with Gasteiger partial charge in [0, 0.05) is 23.9 Å². The fourth-order valence-electron chi connectivity index (χ4n) is 2.17. The average Bonchev–Trinajstić information content (AvgIpc) is 2.83. The Morgan fingerprint density at radius 3 is 3.00 bits per heavy atom. The maximum atomic E-state index is 11.2. The molecule has 1 atom stereocenters. The van der Waals surface area contributed by atoms with E-state index in [-0.39, 0.29) is 18.8 Å². The number of ether oxygens (including phenoxy) is 1. The molecule has 1 aromatic rings. The van der Waals surface area contributed by atoms with Gasteiger partial charge >= 0.3 is 6.09 Å². The molecule has 7 heteroatoms. The molecular formula is C15H22N2O3S2. The van der Waals surface area contributed by atoms with Crippen LogP contribution in [0.2, 0.25) is 0 Å². The molecule has 0 aromatic carbocycles. The van der Waals surface area contributed by atoms with E-state index in [0.29, 0.717) is 6.54 Å². The first-order chi connectivity index (χ1) is 10.6. The van der Waals surface area contributed by atoms with E-state index < -0.39 is 0 Å². The van der Waals surface area contributed by atoms with Crippen molar-refractivity contribution in [2.75, 3.05) is 30.9 Å². The number of pyridine rings is 1. The molecule has 0 bridgehead atoms. The van der Waals surface area contributed by atoms with Crippen molar-refractivity contribution in [3.05, 3.63) is 23.5 Å². The van der Waals surface area contributed by atoms with E-state index in [9.17, 15) is 9.90 Å². The van der Waals surface area contributed by atoms with Crippen LogP contribution in [0.15, 0.2) is 17.2 Å². The first kappa shape index (κ1) is 17.4. The number of aliphatic hydroxyl groups excluding tert-OH is 1. The molecule has 2 heterocycles. The third-order valence-electron chi connectivity index (χ3n) is 3.46. The molecule has 0 radical (unpaired) electrons. The standard InChI is InChI=1S/C15H22N2O3S2/c1-11-13(9-18)16-5-4-14(11)22-7-3-6-21-10-12-8-17(2)15(19)20-12/h4-5,12,18H,3,6-10H2,1-2H3. The van der Waals surface area contributed by atoms with Gasteiger partial charge < -0.3 is 14.7 Å². The number of hydrogen-bond acceptors (Lipinski definition) is 6. The summed E-state index contributed by atoms with van der Waals surface area (Å²) in [5.74, 6) is 2.96. The second kappa shape index (κ2) is 8.64. The molecule has 1 aliphatic rings. The van der Waals surface area contributed by atoms with Crippen LogP contribution in [0.5, 0.6) is 0 Å². The molecule has 1 aromatic heterocycles. The largest absolute Gasteiger partial charge is 0.443 e. The van der Waals surface area contributed by atoms with Gasteiger partial charge in [-0.1, -0.05) is 0 Å². The summed E-state index contributed by atoms with van der Waals surface area (Å²) in [7, 11) is 1.77. The van der Waals surface area contributed by atoms with Crippen LogP contribution in [0, 0.1) is 6.92 Å². The zero-order valence-corrected chi connectivity index (χ0v) is 14.6. The maximum absolute atomic E-state index is 11.2. The van der Waals surface area contributed by atoms with Gasteiger partial charge in [-0.15, -0.1) is 11.8 Å². The van der Waals surface area contributed by atoms with Gasteiger partial charge in [0.1, 0.15) is 6.10 Å². The molecule has 1 aliphatic heterocycles. The number of amides is 1. The van der Waals surface area contributed by atoms with E-state index in [1.807, 2.05) is 24.8 Å². The highest BCUT2D eigenvalue weighted by Crippen LogP contribution is 2.25. The molecule has 2 rings (SSSR count). The van der Waals surface area contributed by atoms with Crippen molar-refractivity contribution in [3.63, 3.8) is 0 Å². The molecule has 0 aliphatic carbocycles. The monoisotopic (exact) mass is 342 g/mol. The van der Waals surface area contributed by atoms with Gasteiger partial charge in [0.2, 0.25) is 0 Å². The van der Waals surface area contributed by atoms with Crippen LogP contribution in [0.1, 0.15) is 17.7 Å². The van der Waals surface area contributed by atoms with E-state index in [4.69, 9.17) is 4.74 Å². The Morgan fingerprint density at radius 2 is 2.32 bits per heavy atom. The van der Waals surface area contributed by atoms with Gasteiger partial charge in [-0.2, -0.15) is 11.8 Å². The lowest BCUT2D eigenvalue weighted by atomic mass is 10.2. The predicted molar refractivity (Wildman–Crippen MR) is 90.5 cm³/mol. The number of hydrogen-bond donors (Lipinski definition) is 1. The third-order valence-corrected chi connectivity index (χ3v) is 5.89. The highest BCUT2D eigenvalue weighted by molar-refractivity contribution is 8.00. The number of likely N-dealkylation sites (N-methyl/N-ethyl adjacent to an activating group) is 1. The van der Waals surface area contributed by atoms with Crippen molar-refractivity contribution < 1.29 is 14.6 Å². The van der Waals surface area contributed by atoms with Crippen LogP contribution in [-0.4, -0.2) is 58.0 Å². The Morgan fingerprint density at radius 1 is 1.50 bits per heavy atom. The second-order valence-corrected chi connectivity index (χ2v) is 7.49. The number of rotatable bonds is 8. The topological polar surface area (TPSA) is 62.7 Å². The molecule has 122 valence electrons. The highest BCUT2D eigenvalue weighted by Gasteiger charge is 2.27. The number of carbonyl (C=O) groups is 1. The summed E-state index contributed by atoms with van der Waals surface area (Å²) >= 11 is 3.63. The van der Waals surface area contributed by atoms with Gasteiger partial charge in [0.05, 0.1) is 18.8 Å². The molecule has 5 nitrogen and oxygen atoms in total. The molecule has 1 saturated heterocycles. The summed E-state index contributed by atoms with van der Waals surface area (Å²) in [6.07, 6.45) is 2.67. The SMILES string of the molecule is Cc1c(SCCCSCC2CN(C)C(=O)O2)ccnc1CO. The number of aliphatic hydroxyl groups is 1. The summed E-state index contributed by atoms with van der Waals surface area (Å²) in [6.45, 7) is 2.69. The predicted octanol–water partition coefficient (Wildman–Crippen LogP) is 2.55. The van der Waals surface area contributed by atoms with Gasteiger partial charge in [-0.05, 0) is 36.5 Å². The van der Waals surface area contributed by atoms with Gasteiger partial charge in [-0.3, -0.25) is 4.98 Å². The van der Waals surface area contributed by atoms with Crippen molar-refractivity contribution in [1.29, 1.82) is 0 Å². The number of aromatic nitrogens is 1. The molecule has 0 spiro atoms. The van der Waals surface area contributed by atoms with Crippen molar-refractivity contribution in [1.82, 2.24) is 9.88 Å². The number of thioether (sulfide) groups is 2. The van der Waals surface area contributed by atoms with Crippen LogP contribution in [-0.2, 0) is 11.3 Å². The summed E-state index contributed by atoms with van der Waals surface area (Å²) in [5, 5.41) is 9.21. The van der Waals surface area contributed by atoms with Crippen molar-refractivity contribution in [3.8, 4) is 0 Å². The fraction of sp³-hybridized carbons (Fsp3) is 0.600.